The van der Waals surface area contributed by atoms with Gasteiger partial charge in [0.2, 0.25) is 17.7 Å². The Kier molecular flexibility index (Phi) is 18.4. The maximum absolute atomic E-state index is 14.9. The van der Waals surface area contributed by atoms with E-state index in [-0.39, 0.29) is 83.2 Å². The lowest BCUT2D eigenvalue weighted by Crippen LogP contribution is -2.57. The molecule has 4 aromatic rings. The first-order chi connectivity index (χ1) is 33.4. The van der Waals surface area contributed by atoms with Crippen molar-refractivity contribution in [3.05, 3.63) is 82.7 Å². The summed E-state index contributed by atoms with van der Waals surface area (Å²) in [6, 6.07) is 7.08. The minimum Gasteiger partial charge on any atom is -0.504 e. The fourth-order valence-electron chi connectivity index (χ4n) is 7.42. The molecule has 4 amide bonds. The van der Waals surface area contributed by atoms with E-state index in [1.807, 2.05) is 18.6 Å². The van der Waals surface area contributed by atoms with Gasteiger partial charge in [-0.3, -0.25) is 19.2 Å². The van der Waals surface area contributed by atoms with Crippen LogP contribution in [-0.4, -0.2) is 150 Å². The van der Waals surface area contributed by atoms with Gasteiger partial charge in [0, 0.05) is 49.8 Å². The van der Waals surface area contributed by atoms with Gasteiger partial charge in [0.25, 0.3) is 16.1 Å². The number of fused-ring (bicyclic) bond motifs is 5. The van der Waals surface area contributed by atoms with E-state index >= 15 is 0 Å². The predicted molar refractivity (Wildman–Crippen MR) is 256 cm³/mol. The molecular formula is C46H60N10O14S. The van der Waals surface area contributed by atoms with E-state index in [9.17, 15) is 52.8 Å². The van der Waals surface area contributed by atoms with Crippen LogP contribution in [0.15, 0.2) is 54.6 Å². The third-order valence-electron chi connectivity index (χ3n) is 11.0. The van der Waals surface area contributed by atoms with Crippen molar-refractivity contribution >= 4 is 39.8 Å². The number of likely N-dealkylation sites (N-methyl/N-ethyl adjacent to an activating group) is 1. The van der Waals surface area contributed by atoms with Crippen molar-refractivity contribution in [2.45, 2.75) is 83.5 Å². The number of hydrogen-bond acceptors (Lipinski definition) is 17. The lowest BCUT2D eigenvalue weighted by Gasteiger charge is -2.33. The van der Waals surface area contributed by atoms with Crippen LogP contribution in [0.25, 0.3) is 22.5 Å². The highest BCUT2D eigenvalue weighted by Gasteiger charge is 2.38. The van der Waals surface area contributed by atoms with E-state index in [4.69, 9.17) is 30.8 Å². The van der Waals surface area contributed by atoms with E-state index in [2.05, 4.69) is 25.9 Å². The number of phenols is 1. The first-order valence-corrected chi connectivity index (χ1v) is 23.8. The van der Waals surface area contributed by atoms with E-state index in [0.29, 0.717) is 16.9 Å². The molecule has 2 heterocycles. The number of rotatable bonds is 19. The van der Waals surface area contributed by atoms with Gasteiger partial charge in [0.05, 0.1) is 23.1 Å². The smallest absolute Gasteiger partial charge is 0.326 e. The van der Waals surface area contributed by atoms with Crippen molar-refractivity contribution in [2.24, 2.45) is 16.6 Å². The maximum atomic E-state index is 14.9. The van der Waals surface area contributed by atoms with Crippen LogP contribution in [0, 0.1) is 13.8 Å². The Morgan fingerprint density at radius 3 is 2.06 bits per heavy atom. The molecule has 0 unspecified atom stereocenters. The van der Waals surface area contributed by atoms with E-state index in [1.165, 1.54) is 51.1 Å². The summed E-state index contributed by atoms with van der Waals surface area (Å²) < 4.78 is 44.0. The summed E-state index contributed by atoms with van der Waals surface area (Å²) in [7, 11) is -3.39. The SMILES string of the molecule is Cc1nc(-c2ccc(OC(C)C)cc2)nc(C)c1C(=O)N[C@@H](CNS(N)(=O)=O)C(=O)N(C)[C@@H]1C(=O)N[C@@H](C)C(=O)N[C@H](C(=O)O)Cc2ccc(OC[C@H](O)CN)c(c2)-c2cc1cc(OC[C@H](O)CN)c2O. The Morgan fingerprint density at radius 2 is 1.49 bits per heavy atom. The molecule has 1 aliphatic rings. The first-order valence-electron chi connectivity index (χ1n) is 22.2. The molecule has 0 saturated heterocycles. The van der Waals surface area contributed by atoms with Gasteiger partial charge in [-0.15, -0.1) is 0 Å². The zero-order valence-electron chi connectivity index (χ0n) is 39.8. The van der Waals surface area contributed by atoms with Crippen LogP contribution in [-0.2, 0) is 35.8 Å². The largest absolute Gasteiger partial charge is 0.504 e. The van der Waals surface area contributed by atoms with E-state index in [1.54, 1.807) is 24.3 Å². The molecule has 0 saturated carbocycles. The molecule has 25 heteroatoms. The van der Waals surface area contributed by atoms with Gasteiger partial charge in [-0.2, -0.15) is 13.1 Å². The number of aliphatic hydroxyl groups excluding tert-OH is 2. The van der Waals surface area contributed by atoms with Crippen molar-refractivity contribution in [3.8, 4) is 45.5 Å². The Morgan fingerprint density at radius 1 is 0.887 bits per heavy atom. The third kappa shape index (κ3) is 14.3. The van der Waals surface area contributed by atoms with Gasteiger partial charge >= 0.3 is 5.97 Å². The normalized spacial score (nSPS) is 17.4. The van der Waals surface area contributed by atoms with Crippen LogP contribution in [0.5, 0.6) is 23.0 Å². The molecule has 24 nitrogen and oxygen atoms in total. The molecule has 71 heavy (non-hydrogen) atoms. The molecular weight excluding hydrogens is 949 g/mol. The van der Waals surface area contributed by atoms with E-state index < -0.39 is 95.1 Å². The first kappa shape index (κ1) is 54.9. The van der Waals surface area contributed by atoms with Gasteiger partial charge in [0.1, 0.15) is 61.1 Å². The standard InChI is InChI=1S/C46H60N10O14S/c1-22(2)70-31-10-8-27(9-11-31)41-51-23(3)38(24(4)52-41)43(61)55-35(19-50-71(49,66)67)45(63)56(6)39-28-15-33(40(59)37(16-28)69-21-30(58)18-48)32-13-26(7-12-36(32)68-20-29(57)17-47)14-34(46(64)65)54-42(60)25(5)53-44(39)62/h7-13,15-16,22,25,29-30,34-35,39,50,57-59H,14,17-21,47-48H2,1-6H3,(H,53,62)(H,54,60)(H,55,61)(H,64,65)(H2,49,66,67)/t25-,29+,30+,34-,35-,39-/m0/s1. The summed E-state index contributed by atoms with van der Waals surface area (Å²) in [4.78, 5) is 79.7. The van der Waals surface area contributed by atoms with Crippen molar-refractivity contribution in [3.63, 3.8) is 0 Å². The minimum atomic E-state index is -4.52. The summed E-state index contributed by atoms with van der Waals surface area (Å²) >= 11 is 0. The molecule has 0 aliphatic carbocycles. The summed E-state index contributed by atoms with van der Waals surface area (Å²) in [5.74, 6) is -5.52. The van der Waals surface area contributed by atoms with E-state index in [0.717, 1.165) is 11.9 Å². The number of carbonyl (C=O) groups excluding carboxylic acids is 4. The Labute approximate surface area is 409 Å². The number of carboxylic acids is 1. The fraction of sp³-hybridized carbons (Fsp3) is 0.413. The number of carboxylic acid groups (broad SMARTS) is 1. The quantitative estimate of drug-likeness (QED) is 0.0539. The van der Waals surface area contributed by atoms with Gasteiger partial charge in [-0.25, -0.2) is 19.9 Å². The molecule has 5 rings (SSSR count). The lowest BCUT2D eigenvalue weighted by molar-refractivity contribution is -0.143. The molecule has 0 radical (unpaired) electrons. The number of nitrogens with one attached hydrogen (secondary N) is 4. The van der Waals surface area contributed by atoms with Gasteiger partial charge < -0.3 is 67.0 Å². The average Bonchev–Trinajstić information content (AvgIpc) is 3.30. The van der Waals surface area contributed by atoms with Gasteiger partial charge in [-0.05, 0) is 94.3 Å². The number of hydrogen-bond donors (Lipinski definition) is 11. The zero-order valence-corrected chi connectivity index (χ0v) is 40.7. The van der Waals surface area contributed by atoms with Crippen molar-refractivity contribution < 1.29 is 67.0 Å². The molecule has 14 N–H and O–H groups in total. The maximum Gasteiger partial charge on any atom is 0.326 e. The minimum absolute atomic E-state index is 0.0114. The number of aliphatic carboxylic acids is 1. The van der Waals surface area contributed by atoms with Crippen LogP contribution >= 0.6 is 0 Å². The average molecular weight is 1010 g/mol. The Bertz CT molecular complexity index is 2700. The second kappa shape index (κ2) is 23.7. The van der Waals surface area contributed by atoms with Crippen LogP contribution in [0.2, 0.25) is 0 Å². The third-order valence-corrected chi connectivity index (χ3v) is 11.6. The second-order valence-electron chi connectivity index (χ2n) is 17.0. The fourth-order valence-corrected chi connectivity index (χ4v) is 7.82. The molecule has 0 fully saturated rings. The number of ether oxygens (including phenoxy) is 3. The molecule has 1 aliphatic heterocycles. The number of aliphatic hydroxyl groups is 2. The highest BCUT2D eigenvalue weighted by Crippen LogP contribution is 2.45. The Hall–Kier alpha value is -7.00. The van der Waals surface area contributed by atoms with Crippen molar-refractivity contribution in [1.29, 1.82) is 0 Å². The van der Waals surface area contributed by atoms with Crippen LogP contribution < -0.4 is 51.5 Å². The number of phenolic OH excluding ortho intramolecular Hbond substituents is 1. The number of aromatic hydroxyl groups is 1. The summed E-state index contributed by atoms with van der Waals surface area (Å²) in [5, 5.41) is 55.4. The number of benzene rings is 3. The molecule has 6 atom stereocenters. The molecule has 0 spiro atoms. The molecule has 3 aromatic carbocycles. The number of aromatic nitrogens is 2. The second-order valence-corrected chi connectivity index (χ2v) is 18.4. The molecule has 4 bridgehead atoms. The molecule has 384 valence electrons. The monoisotopic (exact) mass is 1010 g/mol. The highest BCUT2D eigenvalue weighted by atomic mass is 32.2. The summed E-state index contributed by atoms with van der Waals surface area (Å²) in [6.45, 7) is 5.95. The topological polar surface area (TPSA) is 383 Å². The summed E-state index contributed by atoms with van der Waals surface area (Å²) in [5.41, 5.74) is 12.2. The van der Waals surface area contributed by atoms with Crippen molar-refractivity contribution in [2.75, 3.05) is 39.9 Å². The number of amides is 4. The highest BCUT2D eigenvalue weighted by molar-refractivity contribution is 7.87. The number of nitrogens with zero attached hydrogens (tertiary/aromatic N) is 3. The number of aryl methyl sites for hydroxylation is 2. The van der Waals surface area contributed by atoms with Crippen LogP contribution in [0.3, 0.4) is 0 Å². The Balaban J connectivity index is 1.66. The molecule has 1 aromatic heterocycles. The van der Waals surface area contributed by atoms with Crippen molar-refractivity contribution in [1.82, 2.24) is 35.5 Å². The van der Waals surface area contributed by atoms with Gasteiger partial charge in [-0.1, -0.05) is 6.07 Å². The van der Waals surface area contributed by atoms with Crippen LogP contribution in [0.4, 0.5) is 0 Å². The lowest BCUT2D eigenvalue weighted by atomic mass is 9.93. The zero-order chi connectivity index (χ0) is 52.5. The number of nitrogens with two attached hydrogens (primary N) is 3. The van der Waals surface area contributed by atoms with Gasteiger partial charge in [0.15, 0.2) is 17.3 Å². The van der Waals surface area contributed by atoms with Crippen LogP contribution in [0.1, 0.15) is 59.7 Å². The number of carbonyl (C=O) groups is 5. The summed E-state index contributed by atoms with van der Waals surface area (Å²) in [6.07, 6.45) is -2.77. The predicted octanol–water partition coefficient (Wildman–Crippen LogP) is -0.962.